The second kappa shape index (κ2) is 18.0. The van der Waals surface area contributed by atoms with Crippen molar-refractivity contribution in [3.05, 3.63) is 129 Å². The summed E-state index contributed by atoms with van der Waals surface area (Å²) in [4.78, 5) is 27.3. The molecule has 0 aromatic heterocycles. The van der Waals surface area contributed by atoms with Crippen LogP contribution in [0.2, 0.25) is 0 Å². The second-order valence-corrected chi connectivity index (χ2v) is 18.4. The fourth-order valence-electron chi connectivity index (χ4n) is 9.21. The van der Waals surface area contributed by atoms with E-state index in [0.29, 0.717) is 46.6 Å². The van der Waals surface area contributed by atoms with E-state index < -0.39 is 0 Å². The standard InChI is InChI=1S/C52H57BrO4/c1-32(2)42-25-13-34(5)27-49(42)56-51(54)44-11-7-9-39-21-17-36(29-46(39)44)15-16-38-20-24-41(48(53)31-38)23-19-37-18-22-40-10-8-12-45(47(40)30-37)52(55)57-50-28-35(6)14-26-43(50)33(3)4/h7-12,15-24,29-35,42-43,49-50H,13-14,25-28H2,1-6H3/b16-15-,23-19-. The maximum absolute atomic E-state index is 13.6. The van der Waals surface area contributed by atoms with Gasteiger partial charge in [0.25, 0.3) is 0 Å². The van der Waals surface area contributed by atoms with Gasteiger partial charge < -0.3 is 9.47 Å². The second-order valence-electron chi connectivity index (χ2n) is 17.6. The zero-order valence-electron chi connectivity index (χ0n) is 34.3. The quantitative estimate of drug-likeness (QED) is 0.104. The fourth-order valence-corrected chi connectivity index (χ4v) is 9.74. The summed E-state index contributed by atoms with van der Waals surface area (Å²) in [6.07, 6.45) is 14.8. The number of carbonyl (C=O) groups excluding carboxylic acids is 2. The highest BCUT2D eigenvalue weighted by atomic mass is 79.9. The van der Waals surface area contributed by atoms with Gasteiger partial charge in [-0.05, 0) is 135 Å². The van der Waals surface area contributed by atoms with Crippen LogP contribution >= 0.6 is 15.9 Å². The van der Waals surface area contributed by atoms with Gasteiger partial charge in [-0.2, -0.15) is 0 Å². The van der Waals surface area contributed by atoms with Gasteiger partial charge in [0.15, 0.2) is 0 Å². The molecule has 5 aromatic rings. The molecule has 6 atom stereocenters. The van der Waals surface area contributed by atoms with Gasteiger partial charge >= 0.3 is 11.9 Å². The van der Waals surface area contributed by atoms with Crippen molar-refractivity contribution in [2.24, 2.45) is 35.5 Å². The third-order valence-electron chi connectivity index (χ3n) is 12.6. The van der Waals surface area contributed by atoms with Crippen LogP contribution < -0.4 is 0 Å². The molecule has 0 N–H and O–H groups in total. The Morgan fingerprint density at radius 2 is 1.02 bits per heavy atom. The lowest BCUT2D eigenvalue weighted by atomic mass is 9.75. The van der Waals surface area contributed by atoms with E-state index in [2.05, 4.69) is 136 Å². The number of carbonyl (C=O) groups is 2. The van der Waals surface area contributed by atoms with Crippen molar-refractivity contribution in [2.75, 3.05) is 0 Å². The van der Waals surface area contributed by atoms with Gasteiger partial charge in [-0.25, -0.2) is 9.59 Å². The molecule has 2 aliphatic rings. The van der Waals surface area contributed by atoms with E-state index in [-0.39, 0.29) is 24.1 Å². The molecule has 2 aliphatic carbocycles. The number of benzene rings is 5. The summed E-state index contributed by atoms with van der Waals surface area (Å²) in [6, 6.07) is 30.6. The molecule has 0 spiro atoms. The monoisotopic (exact) mass is 824 g/mol. The van der Waals surface area contributed by atoms with Gasteiger partial charge in [-0.3, -0.25) is 0 Å². The van der Waals surface area contributed by atoms with E-state index in [9.17, 15) is 9.59 Å². The van der Waals surface area contributed by atoms with E-state index in [1.54, 1.807) is 0 Å². The predicted octanol–water partition coefficient (Wildman–Crippen LogP) is 14.3. The number of rotatable bonds is 10. The van der Waals surface area contributed by atoms with Crippen LogP contribution in [-0.4, -0.2) is 24.1 Å². The first-order valence-electron chi connectivity index (χ1n) is 21.1. The van der Waals surface area contributed by atoms with Crippen molar-refractivity contribution in [1.29, 1.82) is 0 Å². The summed E-state index contributed by atoms with van der Waals surface area (Å²) >= 11 is 3.80. The Balaban J connectivity index is 1.05. The zero-order valence-corrected chi connectivity index (χ0v) is 35.9. The van der Waals surface area contributed by atoms with Crippen LogP contribution in [0, 0.1) is 35.5 Å². The molecule has 5 aromatic carbocycles. The van der Waals surface area contributed by atoms with Crippen LogP contribution in [0.1, 0.15) is 123 Å². The van der Waals surface area contributed by atoms with E-state index in [0.717, 1.165) is 74.0 Å². The maximum atomic E-state index is 13.6. The molecule has 0 radical (unpaired) electrons. The lowest BCUT2D eigenvalue weighted by molar-refractivity contribution is -0.0180. The predicted molar refractivity (Wildman–Crippen MR) is 241 cm³/mol. The van der Waals surface area contributed by atoms with Crippen LogP contribution in [-0.2, 0) is 9.47 Å². The van der Waals surface area contributed by atoms with Gasteiger partial charge in [0.2, 0.25) is 0 Å². The Morgan fingerprint density at radius 3 is 1.47 bits per heavy atom. The normalized spacial score (nSPS) is 22.9. The van der Waals surface area contributed by atoms with Crippen molar-refractivity contribution < 1.29 is 19.1 Å². The molecule has 57 heavy (non-hydrogen) atoms. The number of fused-ring (bicyclic) bond motifs is 2. The molecule has 0 heterocycles. The Hall–Kier alpha value is -4.48. The summed E-state index contributed by atoms with van der Waals surface area (Å²) in [6.45, 7) is 13.5. The first-order valence-corrected chi connectivity index (χ1v) is 21.9. The Bertz CT molecular complexity index is 2300. The van der Waals surface area contributed by atoms with E-state index in [1.807, 2.05) is 36.4 Å². The number of hydrogen-bond donors (Lipinski definition) is 0. The molecule has 0 saturated heterocycles. The summed E-state index contributed by atoms with van der Waals surface area (Å²) in [5, 5.41) is 3.86. The first-order chi connectivity index (χ1) is 27.4. The average molecular weight is 826 g/mol. The van der Waals surface area contributed by atoms with Gasteiger partial charge in [0.1, 0.15) is 12.2 Å². The summed E-state index contributed by atoms with van der Waals surface area (Å²) in [5.74, 6) is 2.44. The lowest BCUT2D eigenvalue weighted by Gasteiger charge is -2.36. The molecule has 6 unspecified atom stereocenters. The summed E-state index contributed by atoms with van der Waals surface area (Å²) in [7, 11) is 0. The van der Waals surface area contributed by atoms with Crippen molar-refractivity contribution >= 4 is 73.7 Å². The molecule has 2 fully saturated rings. The third kappa shape index (κ3) is 9.63. The van der Waals surface area contributed by atoms with Crippen LogP contribution in [0.4, 0.5) is 0 Å². The molecular formula is C52H57BrO4. The largest absolute Gasteiger partial charge is 0.458 e. The number of halogens is 1. The minimum Gasteiger partial charge on any atom is -0.458 e. The molecular weight excluding hydrogens is 768 g/mol. The minimum atomic E-state index is -0.228. The summed E-state index contributed by atoms with van der Waals surface area (Å²) < 4.78 is 13.5. The molecule has 0 aliphatic heterocycles. The van der Waals surface area contributed by atoms with Gasteiger partial charge in [0.05, 0.1) is 11.1 Å². The molecule has 0 amide bonds. The average Bonchev–Trinajstić information content (AvgIpc) is 3.18. The Morgan fingerprint density at radius 1 is 0.579 bits per heavy atom. The van der Waals surface area contributed by atoms with Gasteiger partial charge in [-0.15, -0.1) is 0 Å². The van der Waals surface area contributed by atoms with Crippen molar-refractivity contribution in [3.63, 3.8) is 0 Å². The van der Waals surface area contributed by atoms with Crippen LogP contribution in [0.15, 0.2) is 95.5 Å². The van der Waals surface area contributed by atoms with E-state index in [1.165, 1.54) is 12.8 Å². The molecule has 4 nitrogen and oxygen atoms in total. The highest BCUT2D eigenvalue weighted by Gasteiger charge is 2.35. The summed E-state index contributed by atoms with van der Waals surface area (Å²) in [5.41, 5.74) is 5.38. The molecule has 296 valence electrons. The number of ether oxygens (including phenoxy) is 2. The molecule has 5 heteroatoms. The van der Waals surface area contributed by atoms with Crippen LogP contribution in [0.5, 0.6) is 0 Å². The highest BCUT2D eigenvalue weighted by Crippen LogP contribution is 2.38. The molecule has 0 bridgehead atoms. The van der Waals surface area contributed by atoms with Crippen molar-refractivity contribution in [1.82, 2.24) is 0 Å². The smallest absolute Gasteiger partial charge is 0.339 e. The zero-order chi connectivity index (χ0) is 40.2. The SMILES string of the molecule is CC1CCC(C(C)C)C(OC(=O)c2cccc3ccc(/C=C\c4ccc(/C=C\c5ccc6cccc(C(=O)OC7CC(C)CCC7C(C)C)c6c5)c(Br)c4)cc23)C1. The Kier molecular flexibility index (Phi) is 12.8. The minimum absolute atomic E-state index is 0.0417. The maximum Gasteiger partial charge on any atom is 0.339 e. The van der Waals surface area contributed by atoms with Crippen molar-refractivity contribution in [2.45, 2.75) is 92.3 Å². The first kappa shape index (κ1) is 40.7. The number of hydrogen-bond acceptors (Lipinski definition) is 4. The van der Waals surface area contributed by atoms with Crippen molar-refractivity contribution in [3.8, 4) is 0 Å². The Labute approximate surface area is 347 Å². The van der Waals surface area contributed by atoms with E-state index >= 15 is 0 Å². The van der Waals surface area contributed by atoms with Gasteiger partial charge in [-0.1, -0.05) is 155 Å². The van der Waals surface area contributed by atoms with Crippen LogP contribution in [0.3, 0.4) is 0 Å². The third-order valence-corrected chi connectivity index (χ3v) is 13.3. The lowest BCUT2D eigenvalue weighted by Crippen LogP contribution is -2.35. The molecule has 7 rings (SSSR count). The fraction of sp³-hybridized carbons (Fsp3) is 0.385. The number of esters is 2. The van der Waals surface area contributed by atoms with Crippen LogP contribution in [0.25, 0.3) is 45.8 Å². The van der Waals surface area contributed by atoms with E-state index in [4.69, 9.17) is 9.47 Å². The topological polar surface area (TPSA) is 52.6 Å². The van der Waals surface area contributed by atoms with Gasteiger partial charge in [0, 0.05) is 4.47 Å². The highest BCUT2D eigenvalue weighted by molar-refractivity contribution is 9.10. The molecule has 2 saturated carbocycles.